The van der Waals surface area contributed by atoms with E-state index < -0.39 is 16.4 Å². The van der Waals surface area contributed by atoms with Crippen molar-refractivity contribution in [2.45, 2.75) is 11.9 Å². The number of nitro benzene ring substituents is 1. The van der Waals surface area contributed by atoms with Crippen molar-refractivity contribution in [3.8, 4) is 5.75 Å². The molecule has 0 aromatic heterocycles. The molecule has 2 rings (SSSR count). The van der Waals surface area contributed by atoms with E-state index in [1.807, 2.05) is 24.3 Å². The first-order valence-corrected chi connectivity index (χ1v) is 6.93. The average molecular weight is 340 g/mol. The zero-order chi connectivity index (χ0) is 14.5. The number of ether oxygens (including phenoxy) is 1. The molecule has 0 bridgehead atoms. The molecule has 0 aliphatic carbocycles. The molecule has 0 heterocycles. The fraction of sp³-hybridized carbons (Fsp3) is 0.143. The molecule has 0 N–H and O–H groups in total. The van der Waals surface area contributed by atoms with Crippen molar-refractivity contribution in [1.82, 2.24) is 0 Å². The summed E-state index contributed by atoms with van der Waals surface area (Å²) in [7, 11) is 0. The van der Waals surface area contributed by atoms with E-state index in [4.69, 9.17) is 4.74 Å². The van der Waals surface area contributed by atoms with Crippen LogP contribution in [-0.4, -0.2) is 4.92 Å². The third-order valence-corrected chi connectivity index (χ3v) is 3.32. The maximum Gasteiger partial charge on any atom is 0.304 e. The highest BCUT2D eigenvalue weighted by Gasteiger charge is 2.14. The summed E-state index contributed by atoms with van der Waals surface area (Å²) >= 11 is 3.36. The van der Waals surface area contributed by atoms with E-state index in [1.54, 1.807) is 0 Å². The standard InChI is InChI=1S/C14H11BrFNO3/c15-8-11-3-1-2-4-14(11)20-9-10-5-6-13(17(18)19)12(16)7-10/h1-7H,8-9H2. The number of nitrogens with zero attached hydrogens (tertiary/aromatic N) is 1. The van der Waals surface area contributed by atoms with Crippen molar-refractivity contribution in [1.29, 1.82) is 0 Å². The van der Waals surface area contributed by atoms with Gasteiger partial charge in [0.25, 0.3) is 0 Å². The molecule has 20 heavy (non-hydrogen) atoms. The maximum atomic E-state index is 13.5. The number of nitro groups is 1. The highest BCUT2D eigenvalue weighted by atomic mass is 79.9. The quantitative estimate of drug-likeness (QED) is 0.465. The predicted molar refractivity (Wildman–Crippen MR) is 76.5 cm³/mol. The zero-order valence-electron chi connectivity index (χ0n) is 10.4. The molecule has 0 aliphatic heterocycles. The average Bonchev–Trinajstić information content (AvgIpc) is 2.45. The van der Waals surface area contributed by atoms with Gasteiger partial charge < -0.3 is 4.74 Å². The van der Waals surface area contributed by atoms with Gasteiger partial charge in [0.2, 0.25) is 5.82 Å². The summed E-state index contributed by atoms with van der Waals surface area (Å²) in [5.74, 6) is -0.159. The Balaban J connectivity index is 2.11. The van der Waals surface area contributed by atoms with Crippen LogP contribution in [0.1, 0.15) is 11.1 Å². The first-order valence-electron chi connectivity index (χ1n) is 5.81. The van der Waals surface area contributed by atoms with Crippen molar-refractivity contribution in [2.75, 3.05) is 0 Å². The van der Waals surface area contributed by atoms with Gasteiger partial charge in [-0.3, -0.25) is 10.1 Å². The minimum absolute atomic E-state index is 0.152. The summed E-state index contributed by atoms with van der Waals surface area (Å²) in [5, 5.41) is 11.2. The maximum absolute atomic E-state index is 13.5. The van der Waals surface area contributed by atoms with Crippen molar-refractivity contribution < 1.29 is 14.1 Å². The number of benzene rings is 2. The molecule has 6 heteroatoms. The normalized spacial score (nSPS) is 10.3. The van der Waals surface area contributed by atoms with E-state index >= 15 is 0 Å². The Kier molecular flexibility index (Phi) is 4.68. The van der Waals surface area contributed by atoms with Gasteiger partial charge in [-0.2, -0.15) is 4.39 Å². The van der Waals surface area contributed by atoms with E-state index in [9.17, 15) is 14.5 Å². The Hall–Kier alpha value is -1.95. The fourth-order valence-corrected chi connectivity index (χ4v) is 2.17. The Bertz CT molecular complexity index is 634. The first-order chi connectivity index (χ1) is 9.61. The molecule has 2 aromatic rings. The van der Waals surface area contributed by atoms with Crippen LogP contribution in [0.4, 0.5) is 10.1 Å². The molecule has 0 spiro atoms. The summed E-state index contributed by atoms with van der Waals surface area (Å²) < 4.78 is 19.1. The van der Waals surface area contributed by atoms with Gasteiger partial charge in [0.15, 0.2) is 0 Å². The number of hydrogen-bond donors (Lipinski definition) is 0. The second-order valence-electron chi connectivity index (χ2n) is 4.07. The summed E-state index contributed by atoms with van der Waals surface area (Å²) in [6.45, 7) is 0.152. The molecule has 104 valence electrons. The Labute approximate surface area is 123 Å². The van der Waals surface area contributed by atoms with Crippen molar-refractivity contribution in [3.05, 3.63) is 69.5 Å². The zero-order valence-corrected chi connectivity index (χ0v) is 12.0. The van der Waals surface area contributed by atoms with E-state index in [0.717, 1.165) is 17.7 Å². The molecule has 0 unspecified atom stereocenters. The fourth-order valence-electron chi connectivity index (χ4n) is 1.70. The van der Waals surface area contributed by atoms with Crippen LogP contribution in [0.25, 0.3) is 0 Å². The highest BCUT2D eigenvalue weighted by Crippen LogP contribution is 2.23. The largest absolute Gasteiger partial charge is 0.489 e. The second-order valence-corrected chi connectivity index (χ2v) is 4.63. The molecule has 0 amide bonds. The molecule has 0 saturated carbocycles. The van der Waals surface area contributed by atoms with Crippen LogP contribution >= 0.6 is 15.9 Å². The number of alkyl halides is 1. The van der Waals surface area contributed by atoms with Crippen LogP contribution in [0.15, 0.2) is 42.5 Å². The molecule has 0 atom stereocenters. The summed E-state index contributed by atoms with van der Waals surface area (Å²) in [5.41, 5.74) is 0.988. The minimum atomic E-state index is -0.857. The van der Waals surface area contributed by atoms with Gasteiger partial charge in [-0.1, -0.05) is 34.1 Å². The minimum Gasteiger partial charge on any atom is -0.489 e. The third-order valence-electron chi connectivity index (χ3n) is 2.72. The SMILES string of the molecule is O=[N+]([O-])c1ccc(COc2ccccc2CBr)cc1F. The van der Waals surface area contributed by atoms with Crippen LogP contribution in [-0.2, 0) is 11.9 Å². The highest BCUT2D eigenvalue weighted by molar-refractivity contribution is 9.08. The summed E-state index contributed by atoms with van der Waals surface area (Å²) in [4.78, 5) is 9.78. The van der Waals surface area contributed by atoms with Crippen LogP contribution in [0, 0.1) is 15.9 Å². The lowest BCUT2D eigenvalue weighted by atomic mass is 10.2. The van der Waals surface area contributed by atoms with Crippen LogP contribution in [0.5, 0.6) is 5.75 Å². The lowest BCUT2D eigenvalue weighted by Gasteiger charge is -2.09. The first kappa shape index (κ1) is 14.5. The van der Waals surface area contributed by atoms with Gasteiger partial charge in [-0.05, 0) is 23.8 Å². The number of rotatable bonds is 5. The van der Waals surface area contributed by atoms with Gasteiger partial charge >= 0.3 is 5.69 Å². The van der Waals surface area contributed by atoms with Crippen LogP contribution in [0.2, 0.25) is 0 Å². The number of hydrogen-bond acceptors (Lipinski definition) is 3. The van der Waals surface area contributed by atoms with E-state index in [-0.39, 0.29) is 6.61 Å². The molecular formula is C14H11BrFNO3. The van der Waals surface area contributed by atoms with Crippen molar-refractivity contribution in [2.24, 2.45) is 0 Å². The van der Waals surface area contributed by atoms with Gasteiger partial charge in [-0.25, -0.2) is 0 Å². The molecule has 4 nitrogen and oxygen atoms in total. The predicted octanol–water partition coefficient (Wildman–Crippen LogP) is 4.21. The Morgan fingerprint density at radius 3 is 2.65 bits per heavy atom. The smallest absolute Gasteiger partial charge is 0.304 e. The molecule has 0 saturated heterocycles. The molecule has 0 radical (unpaired) electrons. The molecular weight excluding hydrogens is 329 g/mol. The molecule has 0 fully saturated rings. The van der Waals surface area contributed by atoms with Crippen molar-refractivity contribution in [3.63, 3.8) is 0 Å². The van der Waals surface area contributed by atoms with E-state index in [0.29, 0.717) is 16.6 Å². The molecule has 2 aromatic carbocycles. The summed E-state index contributed by atoms with van der Waals surface area (Å²) in [6, 6.07) is 11.2. The van der Waals surface area contributed by atoms with Crippen LogP contribution < -0.4 is 4.74 Å². The van der Waals surface area contributed by atoms with Gasteiger partial charge in [0.05, 0.1) is 4.92 Å². The van der Waals surface area contributed by atoms with Gasteiger partial charge in [0, 0.05) is 17.0 Å². The van der Waals surface area contributed by atoms with Gasteiger partial charge in [0.1, 0.15) is 12.4 Å². The van der Waals surface area contributed by atoms with Gasteiger partial charge in [-0.15, -0.1) is 0 Å². The topological polar surface area (TPSA) is 52.4 Å². The van der Waals surface area contributed by atoms with E-state index in [2.05, 4.69) is 15.9 Å². The number of halogens is 2. The Morgan fingerprint density at radius 2 is 2.00 bits per heavy atom. The lowest BCUT2D eigenvalue weighted by molar-refractivity contribution is -0.387. The third kappa shape index (κ3) is 3.33. The lowest BCUT2D eigenvalue weighted by Crippen LogP contribution is -2.00. The van der Waals surface area contributed by atoms with E-state index in [1.165, 1.54) is 6.07 Å². The Morgan fingerprint density at radius 1 is 1.25 bits per heavy atom. The van der Waals surface area contributed by atoms with Crippen molar-refractivity contribution >= 4 is 21.6 Å². The second kappa shape index (κ2) is 6.47. The number of para-hydroxylation sites is 1. The monoisotopic (exact) mass is 339 g/mol. The molecule has 0 aliphatic rings. The van der Waals surface area contributed by atoms with Crippen LogP contribution in [0.3, 0.4) is 0 Å². The summed E-state index contributed by atoms with van der Waals surface area (Å²) in [6.07, 6.45) is 0.